The van der Waals surface area contributed by atoms with Crippen molar-refractivity contribution in [3.8, 4) is 5.75 Å². The highest BCUT2D eigenvalue weighted by atomic mass is 127. The van der Waals surface area contributed by atoms with Crippen LogP contribution in [0.3, 0.4) is 0 Å². The van der Waals surface area contributed by atoms with E-state index in [1.807, 2.05) is 12.1 Å². The Hall–Kier alpha value is -2.51. The number of carbonyl (C=O) groups is 1. The van der Waals surface area contributed by atoms with Crippen LogP contribution in [0.5, 0.6) is 5.75 Å². The lowest BCUT2D eigenvalue weighted by Crippen LogP contribution is -2.39. The van der Waals surface area contributed by atoms with Gasteiger partial charge in [0.1, 0.15) is 18.2 Å². The third kappa shape index (κ3) is 6.37. The second kappa shape index (κ2) is 13.0. The van der Waals surface area contributed by atoms with Gasteiger partial charge in [-0.1, -0.05) is 68.7 Å². The molecule has 1 aromatic heterocycles. The highest BCUT2D eigenvalue weighted by molar-refractivity contribution is 14.1. The molecule has 0 saturated carbocycles. The molecule has 216 valence electrons. The molecule has 1 aliphatic heterocycles. The van der Waals surface area contributed by atoms with Crippen LogP contribution in [0.2, 0.25) is 10.0 Å². The summed E-state index contributed by atoms with van der Waals surface area (Å²) < 4.78 is 28.8. The Labute approximate surface area is 276 Å². The predicted molar refractivity (Wildman–Crippen MR) is 174 cm³/mol. The third-order valence-corrected chi connectivity index (χ3v) is 9.24. The van der Waals surface area contributed by atoms with Crippen LogP contribution in [-0.2, 0) is 16.1 Å². The molecule has 0 spiro atoms. The van der Waals surface area contributed by atoms with E-state index < -0.39 is 17.8 Å². The number of aromatic nitrogens is 1. The Kier molecular flexibility index (Phi) is 9.58. The largest absolute Gasteiger partial charge is 0.487 e. The average Bonchev–Trinajstić information content (AvgIpc) is 3.23. The zero-order valence-corrected chi connectivity index (χ0v) is 28.2. The van der Waals surface area contributed by atoms with Crippen LogP contribution in [0.1, 0.15) is 36.6 Å². The van der Waals surface area contributed by atoms with Gasteiger partial charge in [0, 0.05) is 25.6 Å². The van der Waals surface area contributed by atoms with Crippen LogP contribution in [0, 0.1) is 9.39 Å². The van der Waals surface area contributed by atoms with Gasteiger partial charge in [0.15, 0.2) is 4.80 Å². The van der Waals surface area contributed by atoms with Crippen molar-refractivity contribution in [1.29, 1.82) is 0 Å². The van der Waals surface area contributed by atoms with Gasteiger partial charge in [-0.2, -0.15) is 0 Å². The number of thiazole rings is 1. The third-order valence-electron chi connectivity index (χ3n) is 6.41. The number of hydrogen-bond acceptors (Lipinski definition) is 6. The van der Waals surface area contributed by atoms with Gasteiger partial charge in [-0.25, -0.2) is 14.2 Å². The smallest absolute Gasteiger partial charge is 0.338 e. The zero-order chi connectivity index (χ0) is 30.1. The van der Waals surface area contributed by atoms with Crippen LogP contribution < -0.4 is 19.6 Å². The van der Waals surface area contributed by atoms with E-state index in [9.17, 15) is 14.0 Å². The van der Waals surface area contributed by atoms with Crippen LogP contribution in [0.15, 0.2) is 80.1 Å². The maximum absolute atomic E-state index is 14.0. The maximum Gasteiger partial charge on any atom is 0.338 e. The monoisotopic (exact) mass is 800 g/mol. The maximum atomic E-state index is 14.0. The molecule has 0 fully saturated rings. The van der Waals surface area contributed by atoms with E-state index in [1.54, 1.807) is 50.3 Å². The number of esters is 1. The minimum atomic E-state index is -0.839. The van der Waals surface area contributed by atoms with Gasteiger partial charge in [0.05, 0.1) is 32.0 Å². The Balaban J connectivity index is 1.64. The number of halogens is 5. The standard InChI is InChI=1S/C30H21BrCl2FIN2O4S/c1-3-40-29(39)25-15(2)36-30-37(26(25)16-5-8-21(34)9-6-16)28(38)24(42-30)11-18-10-19(31)12-23(35)27(18)41-14-17-4-7-20(32)13-22(17)33/h4-13,26H,3,14H2,1-2H3/b24-11-/t26-/m1/s1. The summed E-state index contributed by atoms with van der Waals surface area (Å²) in [5.41, 5.74) is 2.27. The molecule has 0 radical (unpaired) electrons. The predicted octanol–water partition coefficient (Wildman–Crippen LogP) is 7.19. The summed E-state index contributed by atoms with van der Waals surface area (Å²) in [5.74, 6) is -0.448. The summed E-state index contributed by atoms with van der Waals surface area (Å²) in [5, 5.41) is 1.01. The zero-order valence-electron chi connectivity index (χ0n) is 22.1. The van der Waals surface area contributed by atoms with Gasteiger partial charge in [0.25, 0.3) is 5.56 Å². The number of carbonyl (C=O) groups excluding carboxylic acids is 1. The Morgan fingerprint density at radius 2 is 1.93 bits per heavy atom. The van der Waals surface area contributed by atoms with Crippen molar-refractivity contribution in [3.63, 3.8) is 0 Å². The number of rotatable bonds is 7. The molecule has 0 aliphatic carbocycles. The van der Waals surface area contributed by atoms with E-state index in [0.29, 0.717) is 42.0 Å². The first-order valence-electron chi connectivity index (χ1n) is 12.6. The Bertz CT molecular complexity index is 1930. The molecule has 12 heteroatoms. The van der Waals surface area contributed by atoms with Crippen LogP contribution >= 0.6 is 73.1 Å². The molecule has 1 atom stereocenters. The number of hydrogen-bond donors (Lipinski definition) is 0. The van der Waals surface area contributed by atoms with E-state index in [0.717, 1.165) is 13.6 Å². The van der Waals surface area contributed by atoms with Gasteiger partial charge in [-0.3, -0.25) is 9.36 Å². The summed E-state index contributed by atoms with van der Waals surface area (Å²) in [7, 11) is 0. The lowest BCUT2D eigenvalue weighted by Gasteiger charge is -2.24. The molecule has 4 aromatic rings. The topological polar surface area (TPSA) is 69.9 Å². The van der Waals surface area contributed by atoms with Crippen molar-refractivity contribution >= 4 is 85.1 Å². The molecule has 0 amide bonds. The second-order valence-corrected chi connectivity index (χ2v) is 13.1. The van der Waals surface area contributed by atoms with E-state index in [2.05, 4.69) is 43.5 Å². The van der Waals surface area contributed by atoms with Crippen molar-refractivity contribution in [3.05, 3.63) is 126 Å². The molecule has 6 nitrogen and oxygen atoms in total. The molecule has 2 heterocycles. The molecular weight excluding hydrogens is 781 g/mol. The van der Waals surface area contributed by atoms with Gasteiger partial charge >= 0.3 is 5.97 Å². The molecule has 0 unspecified atom stereocenters. The van der Waals surface area contributed by atoms with Crippen molar-refractivity contribution < 1.29 is 18.7 Å². The van der Waals surface area contributed by atoms with E-state index in [1.165, 1.54) is 28.0 Å². The molecule has 3 aromatic carbocycles. The quantitative estimate of drug-likeness (QED) is 0.147. The van der Waals surface area contributed by atoms with Gasteiger partial charge in [-0.05, 0) is 84.5 Å². The highest BCUT2D eigenvalue weighted by Crippen LogP contribution is 2.33. The number of allylic oxidation sites excluding steroid dienone is 1. The number of fused-ring (bicyclic) bond motifs is 1. The lowest BCUT2D eigenvalue weighted by atomic mass is 9.96. The molecule has 0 bridgehead atoms. The summed E-state index contributed by atoms with van der Waals surface area (Å²) in [6.07, 6.45) is 1.74. The second-order valence-electron chi connectivity index (χ2n) is 9.18. The van der Waals surface area contributed by atoms with Crippen LogP contribution in [0.4, 0.5) is 4.39 Å². The van der Waals surface area contributed by atoms with E-state index in [-0.39, 0.29) is 24.3 Å². The molecule has 42 heavy (non-hydrogen) atoms. The minimum absolute atomic E-state index is 0.154. The van der Waals surface area contributed by atoms with Crippen LogP contribution in [0.25, 0.3) is 6.08 Å². The highest BCUT2D eigenvalue weighted by Gasteiger charge is 2.33. The van der Waals surface area contributed by atoms with Gasteiger partial charge in [-0.15, -0.1) is 0 Å². The first-order valence-corrected chi connectivity index (χ1v) is 16.0. The molecule has 0 saturated heterocycles. The van der Waals surface area contributed by atoms with E-state index in [4.69, 9.17) is 32.7 Å². The summed E-state index contributed by atoms with van der Waals surface area (Å²) in [4.78, 5) is 32.0. The summed E-state index contributed by atoms with van der Waals surface area (Å²) in [6, 6.07) is 13.8. The molecule has 1 aliphatic rings. The fourth-order valence-corrected chi connectivity index (χ4v) is 7.73. The Morgan fingerprint density at radius 1 is 1.19 bits per heavy atom. The average molecular weight is 802 g/mol. The van der Waals surface area contributed by atoms with Crippen LogP contribution in [-0.4, -0.2) is 17.1 Å². The summed E-state index contributed by atoms with van der Waals surface area (Å²) >= 11 is 19.3. The first-order chi connectivity index (χ1) is 20.1. The molecule has 0 N–H and O–H groups in total. The van der Waals surface area contributed by atoms with Crippen molar-refractivity contribution in [2.75, 3.05) is 6.61 Å². The van der Waals surface area contributed by atoms with Gasteiger partial charge < -0.3 is 9.47 Å². The number of ether oxygens (including phenoxy) is 2. The first kappa shape index (κ1) is 30.9. The fourth-order valence-electron chi connectivity index (χ4n) is 4.52. The number of benzene rings is 3. The SMILES string of the molecule is CCOC(=O)C1=C(C)N=c2s/c(=C\c3cc(Br)cc(I)c3OCc3ccc(Cl)cc3Cl)c(=O)n2[C@@H]1c1ccc(F)cc1. The number of nitrogens with zero attached hydrogens (tertiary/aromatic N) is 2. The van der Waals surface area contributed by atoms with Gasteiger partial charge in [0.2, 0.25) is 0 Å². The van der Waals surface area contributed by atoms with E-state index >= 15 is 0 Å². The summed E-state index contributed by atoms with van der Waals surface area (Å²) in [6.45, 7) is 3.74. The molecular formula is C30H21BrCl2FIN2O4S. The van der Waals surface area contributed by atoms with Crippen molar-refractivity contribution in [1.82, 2.24) is 4.57 Å². The lowest BCUT2D eigenvalue weighted by molar-refractivity contribution is -0.139. The normalized spacial score (nSPS) is 14.9. The van der Waals surface area contributed by atoms with Crippen molar-refractivity contribution in [2.24, 2.45) is 4.99 Å². The fraction of sp³-hybridized carbons (Fsp3) is 0.167. The minimum Gasteiger partial charge on any atom is -0.487 e. The molecule has 5 rings (SSSR count). The Morgan fingerprint density at radius 3 is 2.62 bits per heavy atom. The van der Waals surface area contributed by atoms with Crippen molar-refractivity contribution in [2.45, 2.75) is 26.5 Å².